The van der Waals surface area contributed by atoms with Crippen molar-refractivity contribution in [3.63, 3.8) is 0 Å². The van der Waals surface area contributed by atoms with Crippen LogP contribution in [0.5, 0.6) is 0 Å². The molecule has 3 fully saturated rings. The number of piperidine rings is 2. The van der Waals surface area contributed by atoms with Gasteiger partial charge in [0.25, 0.3) is 0 Å². The SMILES string of the molecule is O=C(C1CCN(C(=O)C2CC2)CC1)N1CCC(O)CC1. The Morgan fingerprint density at radius 2 is 1.10 bits per heavy atom. The Labute approximate surface area is 119 Å². The third-order valence-corrected chi connectivity index (χ3v) is 4.86. The summed E-state index contributed by atoms with van der Waals surface area (Å²) in [5.74, 6) is 0.895. The summed E-state index contributed by atoms with van der Waals surface area (Å²) in [6, 6.07) is 0. The molecule has 3 rings (SSSR count). The van der Waals surface area contributed by atoms with Crippen molar-refractivity contribution in [2.24, 2.45) is 11.8 Å². The Morgan fingerprint density at radius 1 is 0.700 bits per heavy atom. The van der Waals surface area contributed by atoms with Gasteiger partial charge in [-0.05, 0) is 38.5 Å². The van der Waals surface area contributed by atoms with E-state index in [1.165, 1.54) is 0 Å². The fourth-order valence-electron chi connectivity index (χ4n) is 3.28. The minimum atomic E-state index is -0.239. The maximum absolute atomic E-state index is 12.4. The summed E-state index contributed by atoms with van der Waals surface area (Å²) in [5.41, 5.74) is 0. The van der Waals surface area contributed by atoms with Crippen molar-refractivity contribution in [2.75, 3.05) is 26.2 Å². The zero-order valence-corrected chi connectivity index (χ0v) is 12.0. The number of hydrogen-bond donors (Lipinski definition) is 1. The monoisotopic (exact) mass is 280 g/mol. The van der Waals surface area contributed by atoms with Crippen molar-refractivity contribution in [3.05, 3.63) is 0 Å². The smallest absolute Gasteiger partial charge is 0.225 e. The van der Waals surface area contributed by atoms with E-state index >= 15 is 0 Å². The van der Waals surface area contributed by atoms with Crippen LogP contribution in [0.2, 0.25) is 0 Å². The molecule has 20 heavy (non-hydrogen) atoms. The molecule has 0 unspecified atom stereocenters. The van der Waals surface area contributed by atoms with E-state index in [9.17, 15) is 14.7 Å². The molecule has 5 heteroatoms. The van der Waals surface area contributed by atoms with E-state index in [4.69, 9.17) is 0 Å². The van der Waals surface area contributed by atoms with Crippen LogP contribution < -0.4 is 0 Å². The second-order valence-electron chi connectivity index (χ2n) is 6.43. The number of nitrogens with zero attached hydrogens (tertiary/aromatic N) is 2. The highest BCUT2D eigenvalue weighted by molar-refractivity contribution is 5.82. The summed E-state index contributed by atoms with van der Waals surface area (Å²) >= 11 is 0. The lowest BCUT2D eigenvalue weighted by molar-refractivity contribution is -0.142. The van der Waals surface area contributed by atoms with Crippen molar-refractivity contribution < 1.29 is 14.7 Å². The van der Waals surface area contributed by atoms with Crippen LogP contribution in [0.4, 0.5) is 0 Å². The van der Waals surface area contributed by atoms with Crippen LogP contribution in [0.25, 0.3) is 0 Å². The molecule has 0 bridgehead atoms. The van der Waals surface area contributed by atoms with Crippen LogP contribution in [0.3, 0.4) is 0 Å². The van der Waals surface area contributed by atoms with Crippen LogP contribution in [0.15, 0.2) is 0 Å². The van der Waals surface area contributed by atoms with Crippen molar-refractivity contribution in [2.45, 2.75) is 44.6 Å². The third-order valence-electron chi connectivity index (χ3n) is 4.86. The van der Waals surface area contributed by atoms with E-state index in [1.54, 1.807) is 0 Å². The molecule has 0 spiro atoms. The quantitative estimate of drug-likeness (QED) is 0.806. The van der Waals surface area contributed by atoms with E-state index in [2.05, 4.69) is 0 Å². The molecule has 1 saturated carbocycles. The summed E-state index contributed by atoms with van der Waals surface area (Å²) in [5, 5.41) is 9.49. The van der Waals surface area contributed by atoms with Gasteiger partial charge in [-0.3, -0.25) is 9.59 Å². The molecule has 0 aromatic heterocycles. The Bertz CT molecular complexity index is 379. The van der Waals surface area contributed by atoms with Gasteiger partial charge in [-0.2, -0.15) is 0 Å². The summed E-state index contributed by atoms with van der Waals surface area (Å²) in [4.78, 5) is 28.2. The number of hydrogen-bond acceptors (Lipinski definition) is 3. The maximum Gasteiger partial charge on any atom is 0.225 e. The molecule has 1 N–H and O–H groups in total. The van der Waals surface area contributed by atoms with Gasteiger partial charge in [0, 0.05) is 38.0 Å². The first-order chi connectivity index (χ1) is 9.65. The third kappa shape index (κ3) is 2.97. The number of aliphatic hydroxyl groups is 1. The van der Waals surface area contributed by atoms with Gasteiger partial charge >= 0.3 is 0 Å². The van der Waals surface area contributed by atoms with E-state index in [0.717, 1.165) is 38.8 Å². The minimum Gasteiger partial charge on any atom is -0.393 e. The molecule has 3 aliphatic rings. The molecule has 2 saturated heterocycles. The fraction of sp³-hybridized carbons (Fsp3) is 0.867. The number of carbonyl (C=O) groups is 2. The van der Waals surface area contributed by atoms with E-state index in [1.807, 2.05) is 9.80 Å². The van der Waals surface area contributed by atoms with Gasteiger partial charge in [-0.15, -0.1) is 0 Å². The van der Waals surface area contributed by atoms with Gasteiger partial charge in [0.1, 0.15) is 0 Å². The molecule has 2 heterocycles. The summed E-state index contributed by atoms with van der Waals surface area (Å²) in [6.45, 7) is 2.84. The van der Waals surface area contributed by atoms with Crippen LogP contribution in [-0.4, -0.2) is 59.0 Å². The fourth-order valence-corrected chi connectivity index (χ4v) is 3.28. The highest BCUT2D eigenvalue weighted by atomic mass is 16.3. The first-order valence-electron chi connectivity index (χ1n) is 7.91. The Kier molecular flexibility index (Phi) is 3.96. The Hall–Kier alpha value is -1.10. The second-order valence-corrected chi connectivity index (χ2v) is 6.43. The number of aliphatic hydroxyl groups excluding tert-OH is 1. The lowest BCUT2D eigenvalue weighted by atomic mass is 9.94. The van der Waals surface area contributed by atoms with Crippen molar-refractivity contribution in [3.8, 4) is 0 Å². The first kappa shape index (κ1) is 13.9. The summed E-state index contributed by atoms with van der Waals surface area (Å²) in [7, 11) is 0. The maximum atomic E-state index is 12.4. The van der Waals surface area contributed by atoms with Gasteiger partial charge in [0.15, 0.2) is 0 Å². The Morgan fingerprint density at radius 3 is 1.55 bits per heavy atom. The molecular formula is C15H24N2O3. The van der Waals surface area contributed by atoms with Crippen molar-refractivity contribution in [1.82, 2.24) is 9.80 Å². The standard InChI is InChI=1S/C15H24N2O3/c18-13-5-9-17(10-6-13)15(20)12-3-7-16(8-4-12)14(19)11-1-2-11/h11-13,18H,1-10H2. The lowest BCUT2D eigenvalue weighted by Crippen LogP contribution is -2.47. The van der Waals surface area contributed by atoms with E-state index < -0.39 is 0 Å². The second kappa shape index (κ2) is 5.72. The van der Waals surface area contributed by atoms with Gasteiger partial charge < -0.3 is 14.9 Å². The van der Waals surface area contributed by atoms with Gasteiger partial charge in [0.2, 0.25) is 11.8 Å². The average molecular weight is 280 g/mol. The van der Waals surface area contributed by atoms with Crippen molar-refractivity contribution in [1.29, 1.82) is 0 Å². The molecule has 112 valence electrons. The number of likely N-dealkylation sites (tertiary alicyclic amines) is 2. The zero-order valence-electron chi connectivity index (χ0n) is 12.0. The number of amides is 2. The zero-order chi connectivity index (χ0) is 14.1. The summed E-state index contributed by atoms with van der Waals surface area (Å²) < 4.78 is 0. The first-order valence-corrected chi connectivity index (χ1v) is 7.91. The predicted octanol–water partition coefficient (Wildman–Crippen LogP) is 0.618. The van der Waals surface area contributed by atoms with E-state index in [0.29, 0.717) is 31.8 Å². The molecule has 0 aromatic rings. The molecule has 0 atom stereocenters. The average Bonchev–Trinajstić information content (AvgIpc) is 3.31. The lowest BCUT2D eigenvalue weighted by Gasteiger charge is -2.36. The molecule has 0 aromatic carbocycles. The predicted molar refractivity (Wildman–Crippen MR) is 73.8 cm³/mol. The van der Waals surface area contributed by atoms with Crippen molar-refractivity contribution >= 4 is 11.8 Å². The highest BCUT2D eigenvalue weighted by Gasteiger charge is 2.37. The summed E-state index contributed by atoms with van der Waals surface area (Å²) in [6.07, 6.45) is 4.86. The number of carbonyl (C=O) groups excluding carboxylic acids is 2. The van der Waals surface area contributed by atoms with Crippen LogP contribution in [-0.2, 0) is 9.59 Å². The molecule has 5 nitrogen and oxygen atoms in total. The Balaban J connectivity index is 1.47. The highest BCUT2D eigenvalue weighted by Crippen LogP contribution is 2.32. The van der Waals surface area contributed by atoms with Gasteiger partial charge in [-0.25, -0.2) is 0 Å². The molecule has 2 aliphatic heterocycles. The number of rotatable bonds is 2. The van der Waals surface area contributed by atoms with Crippen LogP contribution >= 0.6 is 0 Å². The molecule has 2 amide bonds. The normalized spacial score (nSPS) is 25.9. The van der Waals surface area contributed by atoms with Crippen LogP contribution in [0.1, 0.15) is 38.5 Å². The van der Waals surface area contributed by atoms with Gasteiger partial charge in [0.05, 0.1) is 6.10 Å². The molecule has 0 radical (unpaired) electrons. The van der Waals surface area contributed by atoms with E-state index in [-0.39, 0.29) is 23.8 Å². The topological polar surface area (TPSA) is 60.9 Å². The minimum absolute atomic E-state index is 0.0773. The van der Waals surface area contributed by atoms with Crippen LogP contribution in [0, 0.1) is 11.8 Å². The molecular weight excluding hydrogens is 256 g/mol. The largest absolute Gasteiger partial charge is 0.393 e. The van der Waals surface area contributed by atoms with Gasteiger partial charge in [-0.1, -0.05) is 0 Å². The molecule has 1 aliphatic carbocycles.